The van der Waals surface area contributed by atoms with Gasteiger partial charge < -0.3 is 15.0 Å². The van der Waals surface area contributed by atoms with Crippen molar-refractivity contribution in [2.75, 3.05) is 30.4 Å². The van der Waals surface area contributed by atoms with Gasteiger partial charge in [0, 0.05) is 41.3 Å². The van der Waals surface area contributed by atoms with Gasteiger partial charge in [-0.2, -0.15) is 0 Å². The summed E-state index contributed by atoms with van der Waals surface area (Å²) in [5, 5.41) is 3.60. The van der Waals surface area contributed by atoms with Crippen molar-refractivity contribution in [3.05, 3.63) is 52.5 Å². The van der Waals surface area contributed by atoms with E-state index >= 15 is 0 Å². The number of piperidine rings is 1. The molecular weight excluding hydrogens is 364 g/mol. The second-order valence-electron chi connectivity index (χ2n) is 6.76. The normalized spacial score (nSPS) is 14.7. The topological polar surface area (TPSA) is 58.6 Å². The second kappa shape index (κ2) is 8.44. The van der Waals surface area contributed by atoms with Gasteiger partial charge in [-0.3, -0.25) is 9.59 Å². The van der Waals surface area contributed by atoms with Crippen molar-refractivity contribution in [2.24, 2.45) is 5.92 Å². The number of nitrogens with zero attached hydrogens (tertiary/aromatic N) is 1. The van der Waals surface area contributed by atoms with Crippen LogP contribution in [0.25, 0.3) is 0 Å². The van der Waals surface area contributed by atoms with E-state index in [1.165, 1.54) is 0 Å². The van der Waals surface area contributed by atoms with Gasteiger partial charge in [-0.25, -0.2) is 0 Å². The van der Waals surface area contributed by atoms with Gasteiger partial charge in [0.25, 0.3) is 0 Å². The van der Waals surface area contributed by atoms with Gasteiger partial charge in [0.1, 0.15) is 12.0 Å². The smallest absolute Gasteiger partial charge is 0.227 e. The van der Waals surface area contributed by atoms with Crippen LogP contribution in [0.1, 0.15) is 28.8 Å². The maximum atomic E-state index is 12.7. The zero-order valence-corrected chi connectivity index (χ0v) is 16.3. The van der Waals surface area contributed by atoms with Crippen molar-refractivity contribution in [1.29, 1.82) is 0 Å². The lowest BCUT2D eigenvalue weighted by Gasteiger charge is -2.33. The first-order valence-corrected chi connectivity index (χ1v) is 9.35. The molecular formula is C21H23ClN2O3. The number of carbonyl (C=O) groups excluding carboxylic acids is 2. The molecule has 1 amide bonds. The van der Waals surface area contributed by atoms with Crippen LogP contribution in [0.15, 0.2) is 36.4 Å². The highest BCUT2D eigenvalue weighted by Crippen LogP contribution is 2.32. The Hall–Kier alpha value is -2.53. The number of hydrogen-bond donors (Lipinski definition) is 1. The molecule has 3 rings (SSSR count). The molecule has 0 bridgehead atoms. The molecule has 27 heavy (non-hydrogen) atoms. The molecule has 0 atom stereocenters. The third-order valence-electron chi connectivity index (χ3n) is 5.00. The van der Waals surface area contributed by atoms with Gasteiger partial charge >= 0.3 is 0 Å². The summed E-state index contributed by atoms with van der Waals surface area (Å²) < 4.78 is 5.33. The molecule has 2 aromatic carbocycles. The van der Waals surface area contributed by atoms with Gasteiger partial charge in [-0.1, -0.05) is 11.6 Å². The number of amides is 1. The van der Waals surface area contributed by atoms with Gasteiger partial charge in [0.2, 0.25) is 5.91 Å². The number of aldehydes is 1. The summed E-state index contributed by atoms with van der Waals surface area (Å²) in [4.78, 5) is 25.7. The van der Waals surface area contributed by atoms with Crippen LogP contribution in [-0.2, 0) is 4.79 Å². The molecule has 142 valence electrons. The molecule has 1 N–H and O–H groups in total. The molecule has 1 saturated heterocycles. The third kappa shape index (κ3) is 4.42. The number of benzene rings is 2. The second-order valence-corrected chi connectivity index (χ2v) is 7.17. The molecule has 1 aliphatic heterocycles. The lowest BCUT2D eigenvalue weighted by Crippen LogP contribution is -2.38. The van der Waals surface area contributed by atoms with Crippen molar-refractivity contribution in [3.63, 3.8) is 0 Å². The molecule has 0 aliphatic carbocycles. The van der Waals surface area contributed by atoms with E-state index in [1.807, 2.05) is 37.3 Å². The largest absolute Gasteiger partial charge is 0.495 e. The molecule has 6 heteroatoms. The van der Waals surface area contributed by atoms with Crippen LogP contribution in [0.4, 0.5) is 11.4 Å². The molecule has 1 heterocycles. The quantitative estimate of drug-likeness (QED) is 0.777. The summed E-state index contributed by atoms with van der Waals surface area (Å²) in [6.07, 6.45) is 2.39. The number of methoxy groups -OCH3 is 1. The number of aryl methyl sites for hydroxylation is 1. The molecule has 0 radical (unpaired) electrons. The Morgan fingerprint density at radius 3 is 2.48 bits per heavy atom. The number of rotatable bonds is 5. The predicted octanol–water partition coefficient (Wildman–Crippen LogP) is 4.32. The summed E-state index contributed by atoms with van der Waals surface area (Å²) >= 11 is 6.13. The molecule has 0 saturated carbocycles. The monoisotopic (exact) mass is 386 g/mol. The van der Waals surface area contributed by atoms with Crippen LogP contribution >= 0.6 is 11.6 Å². The van der Waals surface area contributed by atoms with Crippen LogP contribution in [0, 0.1) is 12.8 Å². The summed E-state index contributed by atoms with van der Waals surface area (Å²) in [5.74, 6) is 0.522. The number of ether oxygens (including phenoxy) is 1. The average Bonchev–Trinajstić information content (AvgIpc) is 2.70. The first-order valence-electron chi connectivity index (χ1n) is 8.97. The Balaban J connectivity index is 1.61. The molecule has 1 fully saturated rings. The molecule has 1 aliphatic rings. The Morgan fingerprint density at radius 2 is 1.89 bits per heavy atom. The Morgan fingerprint density at radius 1 is 1.22 bits per heavy atom. The van der Waals surface area contributed by atoms with Gasteiger partial charge in [0.15, 0.2) is 0 Å². The number of nitrogens with one attached hydrogen (secondary N) is 1. The molecule has 5 nitrogen and oxygen atoms in total. The van der Waals surface area contributed by atoms with E-state index in [0.717, 1.165) is 43.5 Å². The highest BCUT2D eigenvalue weighted by molar-refractivity contribution is 6.31. The maximum absolute atomic E-state index is 12.7. The van der Waals surface area contributed by atoms with Crippen LogP contribution in [0.3, 0.4) is 0 Å². The molecule has 0 spiro atoms. The van der Waals surface area contributed by atoms with Crippen molar-refractivity contribution in [2.45, 2.75) is 19.8 Å². The van der Waals surface area contributed by atoms with E-state index in [2.05, 4.69) is 10.2 Å². The van der Waals surface area contributed by atoms with E-state index in [4.69, 9.17) is 16.3 Å². The van der Waals surface area contributed by atoms with E-state index in [0.29, 0.717) is 22.0 Å². The van der Waals surface area contributed by atoms with Crippen LogP contribution in [0.5, 0.6) is 5.75 Å². The van der Waals surface area contributed by atoms with Gasteiger partial charge in [-0.05, 0) is 55.7 Å². The zero-order chi connectivity index (χ0) is 19.4. The Bertz CT molecular complexity index is 828. The number of anilines is 2. The summed E-state index contributed by atoms with van der Waals surface area (Å²) in [7, 11) is 1.56. The van der Waals surface area contributed by atoms with Crippen molar-refractivity contribution < 1.29 is 14.3 Å². The van der Waals surface area contributed by atoms with Crippen LogP contribution in [0.2, 0.25) is 5.02 Å². The molecule has 0 aromatic heterocycles. The van der Waals surface area contributed by atoms with E-state index in [-0.39, 0.29) is 11.8 Å². The minimum atomic E-state index is -0.0452. The standard InChI is InChI=1S/C21H23ClN2O3/c1-14-11-19(20(27-2)12-18(14)22)23-21(26)16-7-9-24(10-8-16)17-5-3-15(13-25)4-6-17/h3-6,11-13,16H,7-10H2,1-2H3,(H,23,26). The average molecular weight is 387 g/mol. The number of halogens is 1. The van der Waals surface area contributed by atoms with E-state index < -0.39 is 0 Å². The summed E-state index contributed by atoms with van der Waals surface area (Å²) in [6, 6.07) is 11.1. The maximum Gasteiger partial charge on any atom is 0.227 e. The fourth-order valence-corrected chi connectivity index (χ4v) is 3.48. The van der Waals surface area contributed by atoms with Crippen LogP contribution in [-0.4, -0.2) is 32.4 Å². The number of carbonyl (C=O) groups is 2. The third-order valence-corrected chi connectivity index (χ3v) is 5.41. The first-order chi connectivity index (χ1) is 13.0. The minimum Gasteiger partial charge on any atom is -0.495 e. The zero-order valence-electron chi connectivity index (χ0n) is 15.5. The van der Waals surface area contributed by atoms with E-state index in [9.17, 15) is 9.59 Å². The SMILES string of the molecule is COc1cc(Cl)c(C)cc1NC(=O)C1CCN(c2ccc(C=O)cc2)CC1. The van der Waals surface area contributed by atoms with Crippen molar-refractivity contribution >= 4 is 35.2 Å². The van der Waals surface area contributed by atoms with Crippen LogP contribution < -0.4 is 15.0 Å². The summed E-state index contributed by atoms with van der Waals surface area (Å²) in [5.41, 5.74) is 3.28. The fourth-order valence-electron chi connectivity index (χ4n) is 3.33. The van der Waals surface area contributed by atoms with Crippen molar-refractivity contribution in [3.8, 4) is 5.75 Å². The Labute approximate surface area is 164 Å². The lowest BCUT2D eigenvalue weighted by molar-refractivity contribution is -0.120. The van der Waals surface area contributed by atoms with E-state index in [1.54, 1.807) is 13.2 Å². The van der Waals surface area contributed by atoms with Crippen molar-refractivity contribution in [1.82, 2.24) is 0 Å². The Kier molecular flexibility index (Phi) is 6.01. The van der Waals surface area contributed by atoms with Gasteiger partial charge in [-0.15, -0.1) is 0 Å². The highest BCUT2D eigenvalue weighted by atomic mass is 35.5. The number of hydrogen-bond acceptors (Lipinski definition) is 4. The molecule has 0 unspecified atom stereocenters. The first kappa shape index (κ1) is 19.2. The summed E-state index contributed by atoms with van der Waals surface area (Å²) in [6.45, 7) is 3.50. The lowest BCUT2D eigenvalue weighted by atomic mass is 9.95. The fraction of sp³-hybridized carbons (Fsp3) is 0.333. The minimum absolute atomic E-state index is 0.00553. The highest BCUT2D eigenvalue weighted by Gasteiger charge is 2.26. The molecule has 2 aromatic rings. The van der Waals surface area contributed by atoms with Gasteiger partial charge in [0.05, 0.1) is 12.8 Å². The predicted molar refractivity (Wildman–Crippen MR) is 108 cm³/mol.